The third kappa shape index (κ3) is 14.1. The molecule has 0 aromatic heterocycles. The number of aliphatic hydroxyl groups is 4. The molecule has 4 aliphatic rings. The Morgan fingerprint density at radius 3 is 2.23 bits per heavy atom. The number of piperidine rings is 1. The van der Waals surface area contributed by atoms with Crippen molar-refractivity contribution in [2.75, 3.05) is 27.9 Å². The summed E-state index contributed by atoms with van der Waals surface area (Å²) in [6.07, 6.45) is 7.98. The van der Waals surface area contributed by atoms with Crippen LogP contribution in [0.4, 0.5) is 0 Å². The summed E-state index contributed by atoms with van der Waals surface area (Å²) in [6.45, 7) is 12.3. The Hall–Kier alpha value is -3.41. The highest BCUT2D eigenvalue weighted by Gasteiger charge is 2.56. The first-order valence-electron chi connectivity index (χ1n) is 24.0. The minimum absolute atomic E-state index is 0.00446. The van der Waals surface area contributed by atoms with Crippen LogP contribution in [0.5, 0.6) is 0 Å². The van der Waals surface area contributed by atoms with E-state index in [1.54, 1.807) is 34.0 Å². The van der Waals surface area contributed by atoms with Crippen LogP contribution < -0.4 is 0 Å². The van der Waals surface area contributed by atoms with Crippen molar-refractivity contribution in [3.63, 3.8) is 0 Å². The fraction of sp³-hybridized carbons (Fsp3) is 0.745. The summed E-state index contributed by atoms with van der Waals surface area (Å²) in [5.41, 5.74) is 1.09. The molecular weight excluding hydrogens is 851 g/mol. The zero-order valence-corrected chi connectivity index (χ0v) is 40.9. The Bertz CT molecular complexity index is 1790. The van der Waals surface area contributed by atoms with E-state index < -0.39 is 90.0 Å². The standard InChI is InChI=1S/C51H79NO14/c1-29-16-12-11-13-17-30(2)42(62-8)27-37-26-41(55)35(7)51(61,66-37)48(58)49(59)52-21-15-14-18-38(52)50(60)65-43(32(4)24-36-19-20-39(53)44(25-36)63-9)28-40(54)31(3)23-34(6)46(57)47(64-10)45(56)33(5)22-29/h11-13,16-17,23,29,32-39,41-44,46-47,53,55,57,61H,14-15,18-22,24-28H2,1-10H3/b13-11?,16-12?,30-17?,31-23-. The van der Waals surface area contributed by atoms with E-state index in [9.17, 15) is 44.4 Å². The van der Waals surface area contributed by atoms with Crippen molar-refractivity contribution in [1.82, 2.24) is 4.90 Å². The number of Topliss-reactive ketones (excluding diaryl/α,β-unsaturated/α-hetero) is 3. The maximum Gasteiger partial charge on any atom is 0.329 e. The number of ketones is 3. The number of carbonyl (C=O) groups is 5. The van der Waals surface area contributed by atoms with Crippen LogP contribution in [0.3, 0.4) is 0 Å². The van der Waals surface area contributed by atoms with Crippen LogP contribution in [0.15, 0.2) is 47.6 Å². The number of esters is 1. The van der Waals surface area contributed by atoms with Gasteiger partial charge in [0.15, 0.2) is 11.6 Å². The quantitative estimate of drug-likeness (QED) is 0.200. The Morgan fingerprint density at radius 1 is 0.848 bits per heavy atom. The summed E-state index contributed by atoms with van der Waals surface area (Å²) in [7, 11) is 4.44. The monoisotopic (exact) mass is 930 g/mol. The van der Waals surface area contributed by atoms with Crippen LogP contribution in [-0.2, 0) is 47.7 Å². The molecule has 372 valence electrons. The fourth-order valence-corrected chi connectivity index (χ4v) is 10.2. The normalized spacial score (nSPS) is 39.4. The van der Waals surface area contributed by atoms with Gasteiger partial charge >= 0.3 is 5.97 Å². The Kier molecular flexibility index (Phi) is 21.1. The molecule has 0 aromatic rings. The number of rotatable bonds is 6. The number of fused-ring (bicyclic) bond motifs is 3. The zero-order chi connectivity index (χ0) is 49.0. The molecule has 1 aliphatic carbocycles. The van der Waals surface area contributed by atoms with Crippen LogP contribution in [-0.4, -0.2) is 143 Å². The zero-order valence-electron chi connectivity index (χ0n) is 40.9. The van der Waals surface area contributed by atoms with E-state index in [1.807, 2.05) is 51.2 Å². The molecule has 16 unspecified atom stereocenters. The summed E-state index contributed by atoms with van der Waals surface area (Å²) in [6, 6.07) is -1.21. The lowest BCUT2D eigenvalue weighted by atomic mass is 9.78. The lowest BCUT2D eigenvalue weighted by Crippen LogP contribution is -2.63. The number of nitrogens with zero attached hydrogens (tertiary/aromatic N) is 1. The molecule has 4 rings (SSSR count). The minimum Gasteiger partial charge on any atom is -0.460 e. The second-order valence-electron chi connectivity index (χ2n) is 19.7. The van der Waals surface area contributed by atoms with E-state index in [-0.39, 0.29) is 67.7 Å². The summed E-state index contributed by atoms with van der Waals surface area (Å²) in [5.74, 6) is -9.18. The first kappa shape index (κ1) is 55.2. The molecule has 4 N–H and O–H groups in total. The third-order valence-corrected chi connectivity index (χ3v) is 14.6. The van der Waals surface area contributed by atoms with Crippen molar-refractivity contribution in [1.29, 1.82) is 0 Å². The molecule has 2 saturated heterocycles. The van der Waals surface area contributed by atoms with Crippen LogP contribution in [0.1, 0.15) is 119 Å². The van der Waals surface area contributed by atoms with E-state index in [0.717, 1.165) is 10.5 Å². The highest BCUT2D eigenvalue weighted by atomic mass is 16.6. The third-order valence-electron chi connectivity index (χ3n) is 14.6. The van der Waals surface area contributed by atoms with Crippen molar-refractivity contribution in [3.05, 3.63) is 47.6 Å². The smallest absolute Gasteiger partial charge is 0.329 e. The molecule has 1 amide bonds. The van der Waals surface area contributed by atoms with Crippen LogP contribution in [0.25, 0.3) is 0 Å². The largest absolute Gasteiger partial charge is 0.460 e. The van der Waals surface area contributed by atoms with Gasteiger partial charge in [-0.3, -0.25) is 19.2 Å². The van der Waals surface area contributed by atoms with Gasteiger partial charge < -0.3 is 49.0 Å². The number of hydrogen-bond acceptors (Lipinski definition) is 14. The maximum atomic E-state index is 14.4. The summed E-state index contributed by atoms with van der Waals surface area (Å²) < 4.78 is 29.2. The van der Waals surface area contributed by atoms with Gasteiger partial charge in [0.1, 0.15) is 18.2 Å². The Labute approximate surface area is 392 Å². The van der Waals surface area contributed by atoms with Crippen molar-refractivity contribution in [2.45, 2.75) is 180 Å². The predicted molar refractivity (Wildman–Crippen MR) is 247 cm³/mol. The topological polar surface area (TPSA) is 216 Å². The molecule has 2 bridgehead atoms. The van der Waals surface area contributed by atoms with E-state index >= 15 is 0 Å². The average molecular weight is 930 g/mol. The number of cyclic esters (lactones) is 1. The molecule has 15 heteroatoms. The molecule has 3 fully saturated rings. The van der Waals surface area contributed by atoms with Crippen molar-refractivity contribution >= 4 is 29.2 Å². The average Bonchev–Trinajstić information content (AvgIpc) is 3.29. The van der Waals surface area contributed by atoms with E-state index in [0.29, 0.717) is 50.5 Å². The number of carbonyl (C=O) groups excluding carboxylic acids is 5. The molecule has 0 radical (unpaired) electrons. The first-order valence-corrected chi connectivity index (χ1v) is 24.0. The second-order valence-corrected chi connectivity index (χ2v) is 19.7. The van der Waals surface area contributed by atoms with Gasteiger partial charge in [-0.25, -0.2) is 4.79 Å². The van der Waals surface area contributed by atoms with E-state index in [1.165, 1.54) is 21.1 Å². The van der Waals surface area contributed by atoms with Crippen molar-refractivity contribution in [2.24, 2.45) is 35.5 Å². The second kappa shape index (κ2) is 25.3. The van der Waals surface area contributed by atoms with E-state index in [2.05, 4.69) is 0 Å². The number of amides is 1. The van der Waals surface area contributed by atoms with Crippen LogP contribution in [0.2, 0.25) is 0 Å². The Morgan fingerprint density at radius 2 is 1.56 bits per heavy atom. The SMILES string of the molecule is COC1CC2CC(O)C(C)C(O)(O2)C(=O)C(=O)N2CCCCC2C(=O)OC(C(C)CC2CCC(O)C(OC)C2)CC(=O)/C(C)=C\C(C)C(O)C(OC)C(=O)C(C)CC(C)C=CC=CC=C1C. The van der Waals surface area contributed by atoms with Gasteiger partial charge in [-0.1, -0.05) is 71.1 Å². The maximum absolute atomic E-state index is 14.4. The molecule has 16 atom stereocenters. The predicted octanol–water partition coefficient (Wildman–Crippen LogP) is 5.15. The fourth-order valence-electron chi connectivity index (χ4n) is 10.2. The molecule has 66 heavy (non-hydrogen) atoms. The van der Waals surface area contributed by atoms with Gasteiger partial charge in [0, 0.05) is 64.9 Å². The van der Waals surface area contributed by atoms with Gasteiger partial charge in [0.05, 0.1) is 36.6 Å². The van der Waals surface area contributed by atoms with E-state index in [4.69, 9.17) is 23.7 Å². The van der Waals surface area contributed by atoms with Crippen LogP contribution >= 0.6 is 0 Å². The molecule has 3 aliphatic heterocycles. The Balaban J connectivity index is 1.72. The highest BCUT2D eigenvalue weighted by Crippen LogP contribution is 2.38. The van der Waals surface area contributed by atoms with Crippen molar-refractivity contribution in [3.8, 4) is 0 Å². The summed E-state index contributed by atoms with van der Waals surface area (Å²) in [5, 5.41) is 45.0. The van der Waals surface area contributed by atoms with Crippen molar-refractivity contribution < 1.29 is 68.1 Å². The van der Waals surface area contributed by atoms with Gasteiger partial charge in [-0.15, -0.1) is 0 Å². The molecule has 15 nitrogen and oxygen atoms in total. The lowest BCUT2D eigenvalue weighted by molar-refractivity contribution is -0.285. The lowest BCUT2D eigenvalue weighted by Gasteiger charge is -2.44. The van der Waals surface area contributed by atoms with Gasteiger partial charge in [0.25, 0.3) is 11.7 Å². The molecular formula is C51H79NO14. The molecule has 0 aromatic carbocycles. The summed E-state index contributed by atoms with van der Waals surface area (Å²) >= 11 is 0. The number of aliphatic hydroxyl groups excluding tert-OH is 3. The van der Waals surface area contributed by atoms with Gasteiger partial charge in [-0.05, 0) is 94.1 Å². The highest BCUT2D eigenvalue weighted by molar-refractivity contribution is 6.39. The number of methoxy groups -OCH3 is 3. The minimum atomic E-state index is -2.71. The van der Waals surface area contributed by atoms with Crippen LogP contribution in [0, 0.1) is 35.5 Å². The molecule has 3 heterocycles. The first-order chi connectivity index (χ1) is 31.2. The molecule has 1 saturated carbocycles. The van der Waals surface area contributed by atoms with Gasteiger partial charge in [0.2, 0.25) is 5.79 Å². The number of hydrogen-bond donors (Lipinski definition) is 4. The molecule has 0 spiro atoms. The van der Waals surface area contributed by atoms with Gasteiger partial charge in [-0.2, -0.15) is 0 Å². The summed E-state index contributed by atoms with van der Waals surface area (Å²) in [4.78, 5) is 71.8. The number of allylic oxidation sites excluding steroid dienone is 6. The number of ether oxygens (including phenoxy) is 5.